The predicted molar refractivity (Wildman–Crippen MR) is 101 cm³/mol. The van der Waals surface area contributed by atoms with Crippen LogP contribution in [0.15, 0.2) is 48.5 Å². The van der Waals surface area contributed by atoms with Crippen molar-refractivity contribution in [1.29, 1.82) is 0 Å². The van der Waals surface area contributed by atoms with Gasteiger partial charge in [0.15, 0.2) is 5.78 Å². The standard InChI is InChI=1S/C21H24N2O3/c1-15(24)22-13-11-17-3-7-19(8-4-17)21(26)20-9-5-18(6-10-20)12-14-23-16(2)25/h3-10H,11-14H2,1-2H3,(H,22,24)(H,23,25). The van der Waals surface area contributed by atoms with E-state index in [1.807, 2.05) is 48.5 Å². The van der Waals surface area contributed by atoms with Crippen molar-refractivity contribution in [3.05, 3.63) is 70.8 Å². The fourth-order valence-electron chi connectivity index (χ4n) is 2.58. The van der Waals surface area contributed by atoms with Crippen LogP contribution < -0.4 is 10.6 Å². The molecule has 0 fully saturated rings. The monoisotopic (exact) mass is 352 g/mol. The van der Waals surface area contributed by atoms with E-state index in [-0.39, 0.29) is 17.6 Å². The van der Waals surface area contributed by atoms with Crippen molar-refractivity contribution in [2.45, 2.75) is 26.7 Å². The van der Waals surface area contributed by atoms with E-state index in [0.717, 1.165) is 24.0 Å². The molecule has 2 aromatic rings. The number of amides is 2. The maximum atomic E-state index is 12.6. The molecular formula is C21H24N2O3. The first kappa shape index (κ1) is 19.4. The summed E-state index contributed by atoms with van der Waals surface area (Å²) < 4.78 is 0. The molecule has 0 saturated carbocycles. The fraction of sp³-hybridized carbons (Fsp3) is 0.286. The molecule has 0 atom stereocenters. The molecule has 0 aromatic heterocycles. The molecule has 5 nitrogen and oxygen atoms in total. The van der Waals surface area contributed by atoms with E-state index in [1.54, 1.807) is 0 Å². The SMILES string of the molecule is CC(=O)NCCc1ccc(C(=O)c2ccc(CCNC(C)=O)cc2)cc1. The molecule has 0 spiro atoms. The van der Waals surface area contributed by atoms with Gasteiger partial charge in [-0.3, -0.25) is 14.4 Å². The Hall–Kier alpha value is -2.95. The molecule has 5 heteroatoms. The van der Waals surface area contributed by atoms with Crippen molar-refractivity contribution >= 4 is 17.6 Å². The van der Waals surface area contributed by atoms with Gasteiger partial charge in [-0.15, -0.1) is 0 Å². The molecule has 0 heterocycles. The number of carbonyl (C=O) groups is 3. The van der Waals surface area contributed by atoms with E-state index in [1.165, 1.54) is 13.8 Å². The third-order valence-corrected chi connectivity index (χ3v) is 4.01. The summed E-state index contributed by atoms with van der Waals surface area (Å²) in [6, 6.07) is 14.9. The number of hydrogen-bond acceptors (Lipinski definition) is 3. The third kappa shape index (κ3) is 6.16. The van der Waals surface area contributed by atoms with E-state index in [4.69, 9.17) is 0 Å². The van der Waals surface area contributed by atoms with Crippen LogP contribution in [0.1, 0.15) is 40.9 Å². The van der Waals surface area contributed by atoms with E-state index in [2.05, 4.69) is 10.6 Å². The molecule has 136 valence electrons. The summed E-state index contributed by atoms with van der Waals surface area (Å²) >= 11 is 0. The van der Waals surface area contributed by atoms with Gasteiger partial charge in [0.25, 0.3) is 0 Å². The lowest BCUT2D eigenvalue weighted by Crippen LogP contribution is -2.22. The molecule has 0 radical (unpaired) electrons. The molecule has 0 unspecified atom stereocenters. The van der Waals surface area contributed by atoms with Crippen molar-refractivity contribution in [2.75, 3.05) is 13.1 Å². The maximum Gasteiger partial charge on any atom is 0.216 e. The van der Waals surface area contributed by atoms with Gasteiger partial charge in [0.05, 0.1) is 0 Å². The Labute approximate surface area is 153 Å². The van der Waals surface area contributed by atoms with Gasteiger partial charge in [-0.05, 0) is 24.0 Å². The average molecular weight is 352 g/mol. The molecule has 0 aliphatic carbocycles. The summed E-state index contributed by atoms with van der Waals surface area (Å²) in [5, 5.41) is 5.51. The molecule has 2 aromatic carbocycles. The highest BCUT2D eigenvalue weighted by atomic mass is 16.2. The van der Waals surface area contributed by atoms with Crippen LogP contribution in [0.2, 0.25) is 0 Å². The first-order chi connectivity index (χ1) is 12.5. The Morgan fingerprint density at radius 2 is 1.00 bits per heavy atom. The van der Waals surface area contributed by atoms with Crippen LogP contribution in [0.5, 0.6) is 0 Å². The Bertz CT molecular complexity index is 699. The van der Waals surface area contributed by atoms with E-state index in [0.29, 0.717) is 24.2 Å². The van der Waals surface area contributed by atoms with Gasteiger partial charge in [-0.25, -0.2) is 0 Å². The highest BCUT2D eigenvalue weighted by molar-refractivity contribution is 6.09. The van der Waals surface area contributed by atoms with Gasteiger partial charge < -0.3 is 10.6 Å². The predicted octanol–water partition coefficient (Wildman–Crippen LogP) is 2.27. The molecule has 2 rings (SSSR count). The summed E-state index contributed by atoms with van der Waals surface area (Å²) in [4.78, 5) is 34.3. The second kappa shape index (κ2) is 9.51. The molecule has 2 amide bonds. The zero-order valence-electron chi connectivity index (χ0n) is 15.2. The van der Waals surface area contributed by atoms with E-state index >= 15 is 0 Å². The lowest BCUT2D eigenvalue weighted by molar-refractivity contribution is -0.119. The number of nitrogens with one attached hydrogen (secondary N) is 2. The fourth-order valence-corrected chi connectivity index (χ4v) is 2.58. The normalized spacial score (nSPS) is 10.2. The summed E-state index contributed by atoms with van der Waals surface area (Å²) in [6.45, 7) is 4.16. The summed E-state index contributed by atoms with van der Waals surface area (Å²) in [6.07, 6.45) is 1.47. The van der Waals surface area contributed by atoms with Gasteiger partial charge in [0.1, 0.15) is 0 Å². The molecule has 0 saturated heterocycles. The average Bonchev–Trinajstić information content (AvgIpc) is 2.62. The number of carbonyl (C=O) groups excluding carboxylic acids is 3. The number of rotatable bonds is 8. The highest BCUT2D eigenvalue weighted by Gasteiger charge is 2.09. The number of benzene rings is 2. The van der Waals surface area contributed by atoms with Crippen LogP contribution in [0.25, 0.3) is 0 Å². The van der Waals surface area contributed by atoms with Crippen LogP contribution in [-0.4, -0.2) is 30.7 Å². The minimum absolute atomic E-state index is 0.0215. The molecule has 26 heavy (non-hydrogen) atoms. The van der Waals surface area contributed by atoms with Gasteiger partial charge in [0, 0.05) is 38.1 Å². The zero-order valence-corrected chi connectivity index (χ0v) is 15.2. The first-order valence-corrected chi connectivity index (χ1v) is 8.67. The maximum absolute atomic E-state index is 12.6. The summed E-state index contributed by atoms with van der Waals surface area (Å²) in [7, 11) is 0. The first-order valence-electron chi connectivity index (χ1n) is 8.67. The van der Waals surface area contributed by atoms with Crippen LogP contribution in [0.4, 0.5) is 0 Å². The van der Waals surface area contributed by atoms with E-state index < -0.39 is 0 Å². The van der Waals surface area contributed by atoms with E-state index in [9.17, 15) is 14.4 Å². The van der Waals surface area contributed by atoms with Crippen molar-refractivity contribution < 1.29 is 14.4 Å². The molecular weight excluding hydrogens is 328 g/mol. The third-order valence-electron chi connectivity index (χ3n) is 4.01. The molecule has 0 aliphatic rings. The topological polar surface area (TPSA) is 75.3 Å². The van der Waals surface area contributed by atoms with Crippen molar-refractivity contribution in [3.8, 4) is 0 Å². The quantitative estimate of drug-likeness (QED) is 0.716. The Kier molecular flexibility index (Phi) is 7.09. The minimum atomic E-state index is -0.0441. The zero-order chi connectivity index (χ0) is 18.9. The second-order valence-corrected chi connectivity index (χ2v) is 6.19. The van der Waals surface area contributed by atoms with Gasteiger partial charge in [-0.1, -0.05) is 48.5 Å². The number of hydrogen-bond donors (Lipinski definition) is 2. The molecule has 0 aliphatic heterocycles. The van der Waals surface area contributed by atoms with Crippen LogP contribution in [0.3, 0.4) is 0 Å². The van der Waals surface area contributed by atoms with Crippen LogP contribution in [0, 0.1) is 0 Å². The Balaban J connectivity index is 1.93. The minimum Gasteiger partial charge on any atom is -0.356 e. The second-order valence-electron chi connectivity index (χ2n) is 6.19. The molecule has 0 bridgehead atoms. The van der Waals surface area contributed by atoms with Crippen LogP contribution >= 0.6 is 0 Å². The highest BCUT2D eigenvalue weighted by Crippen LogP contribution is 2.13. The van der Waals surface area contributed by atoms with Crippen molar-refractivity contribution in [3.63, 3.8) is 0 Å². The van der Waals surface area contributed by atoms with Crippen molar-refractivity contribution in [2.24, 2.45) is 0 Å². The Morgan fingerprint density at radius 1 is 0.654 bits per heavy atom. The lowest BCUT2D eigenvalue weighted by atomic mass is 9.99. The largest absolute Gasteiger partial charge is 0.356 e. The van der Waals surface area contributed by atoms with Gasteiger partial charge >= 0.3 is 0 Å². The van der Waals surface area contributed by atoms with Crippen LogP contribution in [-0.2, 0) is 22.4 Å². The van der Waals surface area contributed by atoms with Gasteiger partial charge in [-0.2, -0.15) is 0 Å². The molecule has 2 N–H and O–H groups in total. The smallest absolute Gasteiger partial charge is 0.216 e. The van der Waals surface area contributed by atoms with Gasteiger partial charge in [0.2, 0.25) is 11.8 Å². The van der Waals surface area contributed by atoms with Crippen molar-refractivity contribution in [1.82, 2.24) is 10.6 Å². The summed E-state index contributed by atoms with van der Waals surface area (Å²) in [5.41, 5.74) is 3.42. The lowest BCUT2D eigenvalue weighted by Gasteiger charge is -2.06. The Morgan fingerprint density at radius 3 is 1.31 bits per heavy atom. The number of ketones is 1. The summed E-state index contributed by atoms with van der Waals surface area (Å²) in [5.74, 6) is -0.110.